The second-order valence-electron chi connectivity index (χ2n) is 3.66. The largest absolute Gasteiger partial charge is 0.326 e. The summed E-state index contributed by atoms with van der Waals surface area (Å²) in [4.78, 5) is 0. The molecule has 0 aromatic heterocycles. The summed E-state index contributed by atoms with van der Waals surface area (Å²) < 4.78 is 0. The third-order valence-electron chi connectivity index (χ3n) is 2.44. The highest BCUT2D eigenvalue weighted by Crippen LogP contribution is 2.24. The van der Waals surface area contributed by atoms with Crippen molar-refractivity contribution < 1.29 is 0 Å². The Morgan fingerprint density at radius 3 is 2.40 bits per heavy atom. The zero-order valence-electron chi connectivity index (χ0n) is 9.10. The predicted molar refractivity (Wildman–Crippen MR) is 72.9 cm³/mol. The lowest BCUT2D eigenvalue weighted by atomic mass is 10.0. The minimum Gasteiger partial charge on any atom is -0.326 e. The molecule has 1 aromatic rings. The Morgan fingerprint density at radius 2 is 1.87 bits per heavy atom. The molecule has 86 valence electrons. The first-order chi connectivity index (χ1) is 6.75. The Bertz CT molecular complexity index is 253. The maximum Gasteiger partial charge on any atom is 0.0418 e. The Morgan fingerprint density at radius 1 is 1.27 bits per heavy atom. The van der Waals surface area contributed by atoms with Crippen LogP contribution in [0.4, 0.5) is 0 Å². The number of rotatable bonds is 5. The molecule has 0 saturated heterocycles. The molecular formula is C12H20ClNS. The van der Waals surface area contributed by atoms with Crippen molar-refractivity contribution in [2.75, 3.05) is 0 Å². The van der Waals surface area contributed by atoms with Crippen molar-refractivity contribution in [2.45, 2.75) is 37.5 Å². The molecule has 2 atom stereocenters. The van der Waals surface area contributed by atoms with Gasteiger partial charge in [0.05, 0.1) is 0 Å². The van der Waals surface area contributed by atoms with Crippen molar-refractivity contribution >= 4 is 25.0 Å². The molecule has 0 spiro atoms. The van der Waals surface area contributed by atoms with E-state index >= 15 is 0 Å². The summed E-state index contributed by atoms with van der Waals surface area (Å²) in [5, 5.41) is 0.169. The molecule has 0 saturated carbocycles. The molecule has 0 fully saturated rings. The molecule has 3 heteroatoms. The van der Waals surface area contributed by atoms with Gasteiger partial charge >= 0.3 is 0 Å². The Labute approximate surface area is 104 Å². The number of hydrogen-bond donors (Lipinski definition) is 2. The Balaban J connectivity index is 0.00000196. The van der Waals surface area contributed by atoms with Crippen LogP contribution in [0.5, 0.6) is 0 Å². The van der Waals surface area contributed by atoms with Crippen molar-refractivity contribution in [2.24, 2.45) is 5.73 Å². The Kier molecular flexibility index (Phi) is 7.93. The fourth-order valence-electron chi connectivity index (χ4n) is 1.50. The van der Waals surface area contributed by atoms with Gasteiger partial charge in [-0.25, -0.2) is 0 Å². The smallest absolute Gasteiger partial charge is 0.0418 e. The fourth-order valence-corrected chi connectivity index (χ4v) is 1.82. The average molecular weight is 246 g/mol. The first kappa shape index (κ1) is 14.8. The van der Waals surface area contributed by atoms with E-state index < -0.39 is 0 Å². The molecule has 1 aromatic carbocycles. The molecule has 0 heterocycles. The minimum atomic E-state index is 0. The Hall–Kier alpha value is -0.180. The first-order valence-electron chi connectivity index (χ1n) is 5.24. The molecular weight excluding hydrogens is 226 g/mol. The van der Waals surface area contributed by atoms with Crippen LogP contribution in [0, 0.1) is 0 Å². The summed E-state index contributed by atoms with van der Waals surface area (Å²) in [6.45, 7) is 2.18. The van der Waals surface area contributed by atoms with Gasteiger partial charge in [-0.1, -0.05) is 50.1 Å². The molecule has 2 unspecified atom stereocenters. The quantitative estimate of drug-likeness (QED) is 0.762. The van der Waals surface area contributed by atoms with Gasteiger partial charge in [-0.05, 0) is 12.0 Å². The van der Waals surface area contributed by atoms with Crippen LogP contribution in [0.3, 0.4) is 0 Å². The van der Waals surface area contributed by atoms with Crippen molar-refractivity contribution in [1.82, 2.24) is 0 Å². The molecule has 1 rings (SSSR count). The van der Waals surface area contributed by atoms with Crippen LogP contribution in [0.25, 0.3) is 0 Å². The van der Waals surface area contributed by atoms with Crippen molar-refractivity contribution in [3.63, 3.8) is 0 Å². The van der Waals surface area contributed by atoms with Gasteiger partial charge < -0.3 is 5.73 Å². The molecule has 0 amide bonds. The van der Waals surface area contributed by atoms with E-state index in [1.54, 1.807) is 0 Å². The maximum absolute atomic E-state index is 6.06. The van der Waals surface area contributed by atoms with Gasteiger partial charge in [0.25, 0.3) is 0 Å². The number of nitrogens with two attached hydrogens (primary N) is 1. The number of unbranched alkanes of at least 4 members (excludes halogenated alkanes) is 1. The van der Waals surface area contributed by atoms with Crippen molar-refractivity contribution in [1.29, 1.82) is 0 Å². The maximum atomic E-state index is 6.06. The second-order valence-corrected chi connectivity index (χ2v) is 4.22. The van der Waals surface area contributed by atoms with E-state index in [1.165, 1.54) is 18.4 Å². The van der Waals surface area contributed by atoms with Gasteiger partial charge in [-0.3, -0.25) is 0 Å². The van der Waals surface area contributed by atoms with E-state index in [0.717, 1.165) is 6.42 Å². The van der Waals surface area contributed by atoms with Gasteiger partial charge in [0.1, 0.15) is 0 Å². The van der Waals surface area contributed by atoms with Crippen LogP contribution < -0.4 is 5.73 Å². The summed E-state index contributed by atoms with van der Waals surface area (Å²) >= 11 is 4.56. The standard InChI is InChI=1S/C12H19NS.ClH/c1-2-3-9-11(13)12(14)10-7-5-4-6-8-10;/h4-8,11-12,14H,2-3,9,13H2,1H3;1H. The number of hydrogen-bond acceptors (Lipinski definition) is 2. The number of thiol groups is 1. The van der Waals surface area contributed by atoms with Gasteiger partial charge in [0, 0.05) is 11.3 Å². The fraction of sp³-hybridized carbons (Fsp3) is 0.500. The zero-order chi connectivity index (χ0) is 10.4. The van der Waals surface area contributed by atoms with E-state index in [0.29, 0.717) is 0 Å². The molecule has 1 nitrogen and oxygen atoms in total. The van der Waals surface area contributed by atoms with Crippen molar-refractivity contribution in [3.8, 4) is 0 Å². The van der Waals surface area contributed by atoms with Gasteiger partial charge in [0.15, 0.2) is 0 Å². The third kappa shape index (κ3) is 4.92. The first-order valence-corrected chi connectivity index (χ1v) is 5.76. The minimum absolute atomic E-state index is 0. The van der Waals surface area contributed by atoms with Crippen LogP contribution in [0.2, 0.25) is 0 Å². The SMILES string of the molecule is CCCCC(N)C(S)c1ccccc1.Cl. The highest BCUT2D eigenvalue weighted by atomic mass is 35.5. The van der Waals surface area contributed by atoms with Crippen LogP contribution in [0.1, 0.15) is 37.0 Å². The van der Waals surface area contributed by atoms with Crippen LogP contribution >= 0.6 is 25.0 Å². The lowest BCUT2D eigenvalue weighted by Gasteiger charge is -2.19. The van der Waals surface area contributed by atoms with Crippen LogP contribution in [0.15, 0.2) is 30.3 Å². The second kappa shape index (κ2) is 8.03. The third-order valence-corrected chi connectivity index (χ3v) is 3.12. The summed E-state index contributed by atoms with van der Waals surface area (Å²) in [6, 6.07) is 10.4. The van der Waals surface area contributed by atoms with Gasteiger partial charge in [-0.15, -0.1) is 12.4 Å². The lowest BCUT2D eigenvalue weighted by Crippen LogP contribution is -2.25. The highest BCUT2D eigenvalue weighted by molar-refractivity contribution is 7.80. The molecule has 0 aliphatic rings. The molecule has 2 N–H and O–H groups in total. The topological polar surface area (TPSA) is 26.0 Å². The normalized spacial score (nSPS) is 14.1. The van der Waals surface area contributed by atoms with Crippen LogP contribution in [-0.4, -0.2) is 6.04 Å². The van der Waals surface area contributed by atoms with Crippen molar-refractivity contribution in [3.05, 3.63) is 35.9 Å². The van der Waals surface area contributed by atoms with E-state index in [2.05, 4.69) is 31.7 Å². The van der Waals surface area contributed by atoms with E-state index in [9.17, 15) is 0 Å². The van der Waals surface area contributed by atoms with Gasteiger partial charge in [-0.2, -0.15) is 12.6 Å². The summed E-state index contributed by atoms with van der Waals surface area (Å²) in [7, 11) is 0. The summed E-state index contributed by atoms with van der Waals surface area (Å²) in [6.07, 6.45) is 3.44. The van der Waals surface area contributed by atoms with Gasteiger partial charge in [0.2, 0.25) is 0 Å². The molecule has 0 aliphatic heterocycles. The molecule has 0 bridgehead atoms. The molecule has 15 heavy (non-hydrogen) atoms. The number of halogens is 1. The van der Waals surface area contributed by atoms with Crippen LogP contribution in [-0.2, 0) is 0 Å². The van der Waals surface area contributed by atoms with E-state index in [-0.39, 0.29) is 23.7 Å². The zero-order valence-corrected chi connectivity index (χ0v) is 10.8. The van der Waals surface area contributed by atoms with E-state index in [1.807, 2.05) is 18.2 Å². The molecule has 0 aliphatic carbocycles. The predicted octanol–water partition coefficient (Wildman–Crippen LogP) is 3.60. The number of benzene rings is 1. The average Bonchev–Trinajstić information content (AvgIpc) is 2.26. The lowest BCUT2D eigenvalue weighted by molar-refractivity contribution is 0.568. The summed E-state index contributed by atoms with van der Waals surface area (Å²) in [5.41, 5.74) is 7.28. The molecule has 0 radical (unpaired) electrons. The monoisotopic (exact) mass is 245 g/mol. The van der Waals surface area contributed by atoms with E-state index in [4.69, 9.17) is 5.73 Å². The summed E-state index contributed by atoms with van der Waals surface area (Å²) in [5.74, 6) is 0. The highest BCUT2D eigenvalue weighted by Gasteiger charge is 2.14.